The molecule has 122 valence electrons. The number of ether oxygens (including phenoxy) is 1. The summed E-state index contributed by atoms with van der Waals surface area (Å²) in [5, 5.41) is 8.82. The van der Waals surface area contributed by atoms with Gasteiger partial charge in [0.1, 0.15) is 5.75 Å². The summed E-state index contributed by atoms with van der Waals surface area (Å²) in [5.74, 6) is 0.752. The molecule has 1 fully saturated rings. The summed E-state index contributed by atoms with van der Waals surface area (Å²) in [6, 6.07) is 8.28. The third kappa shape index (κ3) is 5.68. The van der Waals surface area contributed by atoms with Gasteiger partial charge < -0.3 is 9.84 Å². The number of aliphatic carboxylic acids is 1. The maximum Gasteiger partial charge on any atom is 0.303 e. The van der Waals surface area contributed by atoms with Crippen LogP contribution in [0.5, 0.6) is 5.75 Å². The number of nitrogens with zero attached hydrogens (tertiary/aromatic N) is 1. The van der Waals surface area contributed by atoms with Gasteiger partial charge in [-0.1, -0.05) is 12.1 Å². The fraction of sp³-hybridized carbons (Fsp3) is 0.611. The Morgan fingerprint density at radius 2 is 2.27 bits per heavy atom. The lowest BCUT2D eigenvalue weighted by atomic mass is 9.93. The van der Waals surface area contributed by atoms with Crippen LogP contribution in [0, 0.1) is 5.92 Å². The Labute approximate surface area is 133 Å². The molecular formula is C18H27NO3. The standard InChI is InChI=1S/C18H27NO3/c1-14(2)22-17-7-3-5-16(11-17)13-19-10-4-6-15(12-19)8-9-18(20)21/h3,5,7,11,14-15H,4,6,8-10,12-13H2,1-2H3,(H,20,21). The van der Waals surface area contributed by atoms with E-state index in [1.165, 1.54) is 5.56 Å². The average molecular weight is 305 g/mol. The van der Waals surface area contributed by atoms with E-state index >= 15 is 0 Å². The van der Waals surface area contributed by atoms with Crippen molar-refractivity contribution in [3.8, 4) is 5.75 Å². The molecule has 0 radical (unpaired) electrons. The Balaban J connectivity index is 1.88. The molecule has 0 spiro atoms. The molecule has 1 aliphatic heterocycles. The molecule has 2 rings (SSSR count). The molecule has 0 bridgehead atoms. The molecule has 0 aliphatic carbocycles. The van der Waals surface area contributed by atoms with E-state index in [0.717, 1.165) is 44.6 Å². The first-order chi connectivity index (χ1) is 10.5. The normalized spacial score (nSPS) is 19.3. The highest BCUT2D eigenvalue weighted by Gasteiger charge is 2.20. The molecule has 1 N–H and O–H groups in total. The predicted octanol–water partition coefficient (Wildman–Crippen LogP) is 3.55. The van der Waals surface area contributed by atoms with E-state index in [1.807, 2.05) is 26.0 Å². The van der Waals surface area contributed by atoms with Gasteiger partial charge in [0.05, 0.1) is 6.10 Å². The minimum Gasteiger partial charge on any atom is -0.491 e. The van der Waals surface area contributed by atoms with Crippen LogP contribution in [0.25, 0.3) is 0 Å². The largest absolute Gasteiger partial charge is 0.491 e. The fourth-order valence-corrected chi connectivity index (χ4v) is 3.11. The summed E-state index contributed by atoms with van der Waals surface area (Å²) < 4.78 is 5.75. The Morgan fingerprint density at radius 3 is 3.00 bits per heavy atom. The van der Waals surface area contributed by atoms with E-state index in [-0.39, 0.29) is 12.5 Å². The molecule has 1 heterocycles. The maximum absolute atomic E-state index is 10.7. The van der Waals surface area contributed by atoms with Gasteiger partial charge in [-0.2, -0.15) is 0 Å². The summed E-state index contributed by atoms with van der Waals surface area (Å²) in [5.41, 5.74) is 1.26. The average Bonchev–Trinajstić information content (AvgIpc) is 2.45. The number of hydrogen-bond donors (Lipinski definition) is 1. The van der Waals surface area contributed by atoms with Crippen molar-refractivity contribution in [2.24, 2.45) is 5.92 Å². The van der Waals surface area contributed by atoms with E-state index < -0.39 is 5.97 Å². The monoisotopic (exact) mass is 305 g/mol. The molecule has 1 aromatic rings. The van der Waals surface area contributed by atoms with Gasteiger partial charge in [0.15, 0.2) is 0 Å². The Hall–Kier alpha value is -1.55. The quantitative estimate of drug-likeness (QED) is 0.837. The molecule has 1 aromatic carbocycles. The highest BCUT2D eigenvalue weighted by atomic mass is 16.5. The molecule has 0 aromatic heterocycles. The van der Waals surface area contributed by atoms with Gasteiger partial charge >= 0.3 is 5.97 Å². The Bertz CT molecular complexity index is 487. The zero-order valence-electron chi connectivity index (χ0n) is 13.6. The van der Waals surface area contributed by atoms with Crippen LogP contribution in [0.2, 0.25) is 0 Å². The lowest BCUT2D eigenvalue weighted by Crippen LogP contribution is -2.35. The molecule has 0 amide bonds. The van der Waals surface area contributed by atoms with Crippen LogP contribution in [-0.2, 0) is 11.3 Å². The number of piperidine rings is 1. The van der Waals surface area contributed by atoms with Crippen molar-refractivity contribution in [1.29, 1.82) is 0 Å². The van der Waals surface area contributed by atoms with Crippen LogP contribution in [0.15, 0.2) is 24.3 Å². The number of likely N-dealkylation sites (tertiary alicyclic amines) is 1. The van der Waals surface area contributed by atoms with Crippen molar-refractivity contribution >= 4 is 5.97 Å². The van der Waals surface area contributed by atoms with Crippen molar-refractivity contribution in [1.82, 2.24) is 4.90 Å². The third-order valence-corrected chi connectivity index (χ3v) is 4.05. The number of carboxylic acids is 1. The summed E-state index contributed by atoms with van der Waals surface area (Å²) in [7, 11) is 0. The van der Waals surface area contributed by atoms with Crippen molar-refractivity contribution in [3.63, 3.8) is 0 Å². The first-order valence-corrected chi connectivity index (χ1v) is 8.22. The summed E-state index contributed by atoms with van der Waals surface area (Å²) in [4.78, 5) is 13.1. The molecular weight excluding hydrogens is 278 g/mol. The van der Waals surface area contributed by atoms with Crippen LogP contribution in [0.1, 0.15) is 45.1 Å². The Kier molecular flexibility index (Phi) is 6.25. The molecule has 4 heteroatoms. The lowest BCUT2D eigenvalue weighted by molar-refractivity contribution is -0.137. The van der Waals surface area contributed by atoms with E-state index in [4.69, 9.17) is 9.84 Å². The zero-order valence-corrected chi connectivity index (χ0v) is 13.6. The molecule has 22 heavy (non-hydrogen) atoms. The number of carbonyl (C=O) groups is 1. The summed E-state index contributed by atoms with van der Waals surface area (Å²) >= 11 is 0. The minimum atomic E-state index is -0.685. The van der Waals surface area contributed by atoms with Gasteiger partial charge in [-0.25, -0.2) is 0 Å². The highest BCUT2D eigenvalue weighted by molar-refractivity contribution is 5.66. The first kappa shape index (κ1) is 16.8. The SMILES string of the molecule is CC(C)Oc1cccc(CN2CCCC(CCC(=O)O)C2)c1. The molecule has 0 saturated carbocycles. The second-order valence-electron chi connectivity index (χ2n) is 6.49. The van der Waals surface area contributed by atoms with Crippen LogP contribution < -0.4 is 4.74 Å². The van der Waals surface area contributed by atoms with E-state index in [9.17, 15) is 4.79 Å². The molecule has 1 atom stereocenters. The van der Waals surface area contributed by atoms with Crippen molar-refractivity contribution in [2.45, 2.75) is 52.2 Å². The molecule has 1 unspecified atom stereocenters. The smallest absolute Gasteiger partial charge is 0.303 e. The fourth-order valence-electron chi connectivity index (χ4n) is 3.11. The van der Waals surface area contributed by atoms with Gasteiger partial charge in [-0.3, -0.25) is 9.69 Å². The minimum absolute atomic E-state index is 0.186. The molecule has 4 nitrogen and oxygen atoms in total. The van der Waals surface area contributed by atoms with Crippen molar-refractivity contribution in [2.75, 3.05) is 13.1 Å². The van der Waals surface area contributed by atoms with E-state index in [1.54, 1.807) is 0 Å². The van der Waals surface area contributed by atoms with Crippen molar-refractivity contribution in [3.05, 3.63) is 29.8 Å². The van der Waals surface area contributed by atoms with Crippen LogP contribution in [0.3, 0.4) is 0 Å². The lowest BCUT2D eigenvalue weighted by Gasteiger charge is -2.32. The second kappa shape index (κ2) is 8.18. The second-order valence-corrected chi connectivity index (χ2v) is 6.49. The van der Waals surface area contributed by atoms with Crippen LogP contribution >= 0.6 is 0 Å². The molecule has 1 aliphatic rings. The van der Waals surface area contributed by atoms with E-state index in [2.05, 4.69) is 17.0 Å². The van der Waals surface area contributed by atoms with Gasteiger partial charge in [-0.05, 0) is 63.3 Å². The zero-order chi connectivity index (χ0) is 15.9. The van der Waals surface area contributed by atoms with Crippen LogP contribution in [-0.4, -0.2) is 35.2 Å². The molecule has 1 saturated heterocycles. The van der Waals surface area contributed by atoms with Crippen molar-refractivity contribution < 1.29 is 14.6 Å². The summed E-state index contributed by atoms with van der Waals surface area (Å²) in [6.45, 7) is 7.08. The van der Waals surface area contributed by atoms with Gasteiger partial charge in [-0.15, -0.1) is 0 Å². The van der Waals surface area contributed by atoms with Gasteiger partial charge in [0.2, 0.25) is 0 Å². The number of hydrogen-bond acceptors (Lipinski definition) is 3. The van der Waals surface area contributed by atoms with Gasteiger partial charge in [0.25, 0.3) is 0 Å². The topological polar surface area (TPSA) is 49.8 Å². The number of benzene rings is 1. The Morgan fingerprint density at radius 1 is 1.45 bits per heavy atom. The van der Waals surface area contributed by atoms with Gasteiger partial charge in [0, 0.05) is 19.5 Å². The highest BCUT2D eigenvalue weighted by Crippen LogP contribution is 2.23. The first-order valence-electron chi connectivity index (χ1n) is 8.22. The van der Waals surface area contributed by atoms with Crippen LogP contribution in [0.4, 0.5) is 0 Å². The summed E-state index contributed by atoms with van der Waals surface area (Å²) in [6.07, 6.45) is 3.58. The predicted molar refractivity (Wildman–Crippen MR) is 87.1 cm³/mol. The number of carboxylic acid groups (broad SMARTS) is 1. The third-order valence-electron chi connectivity index (χ3n) is 4.05. The number of rotatable bonds is 7. The van der Waals surface area contributed by atoms with E-state index in [0.29, 0.717) is 5.92 Å². The maximum atomic E-state index is 10.7.